The van der Waals surface area contributed by atoms with Gasteiger partial charge in [0.25, 0.3) is 5.69 Å². The molecule has 1 aromatic carbocycles. The molecule has 0 aromatic heterocycles. The van der Waals surface area contributed by atoms with Crippen LogP contribution in [0, 0.1) is 16.0 Å². The lowest BCUT2D eigenvalue weighted by Gasteiger charge is -2.26. The quantitative estimate of drug-likeness (QED) is 0.280. The van der Waals surface area contributed by atoms with Crippen molar-refractivity contribution < 1.29 is 19.2 Å². The Kier molecular flexibility index (Phi) is 4.16. The van der Waals surface area contributed by atoms with Crippen LogP contribution >= 0.6 is 0 Å². The van der Waals surface area contributed by atoms with Crippen molar-refractivity contribution in [3.63, 3.8) is 0 Å². The van der Waals surface area contributed by atoms with E-state index in [4.69, 9.17) is 4.74 Å². The highest BCUT2D eigenvalue weighted by Gasteiger charge is 2.38. The van der Waals surface area contributed by atoms with Gasteiger partial charge in [-0.05, 0) is 12.5 Å². The number of carbonyl (C=O) groups is 2. The molecular formula is C15H15NO5. The second-order valence-electron chi connectivity index (χ2n) is 5.03. The average molecular weight is 289 g/mol. The summed E-state index contributed by atoms with van der Waals surface area (Å²) < 4.78 is 4.70. The van der Waals surface area contributed by atoms with Crippen molar-refractivity contribution in [2.45, 2.75) is 19.3 Å². The Bertz CT molecular complexity index is 635. The highest BCUT2D eigenvalue weighted by Crippen LogP contribution is 2.36. The number of carbonyl (C=O) groups excluding carboxylic acids is 2. The summed E-state index contributed by atoms with van der Waals surface area (Å²) in [7, 11) is 1.23. The lowest BCUT2D eigenvalue weighted by atomic mass is 9.76. The molecule has 2 atom stereocenters. The summed E-state index contributed by atoms with van der Waals surface area (Å²) in [5.74, 6) is -2.31. The summed E-state index contributed by atoms with van der Waals surface area (Å²) >= 11 is 0. The Morgan fingerprint density at radius 2 is 2.14 bits per heavy atom. The molecule has 2 rings (SSSR count). The van der Waals surface area contributed by atoms with Gasteiger partial charge in [-0.2, -0.15) is 0 Å². The summed E-state index contributed by atoms with van der Waals surface area (Å²) in [5.41, 5.74) is 1.34. The summed E-state index contributed by atoms with van der Waals surface area (Å²) in [6.07, 6.45) is 2.01. The van der Waals surface area contributed by atoms with Crippen LogP contribution in [0.1, 0.15) is 24.8 Å². The molecule has 0 radical (unpaired) electrons. The summed E-state index contributed by atoms with van der Waals surface area (Å²) in [6.45, 7) is 1.80. The van der Waals surface area contributed by atoms with Crippen LogP contribution < -0.4 is 0 Å². The maximum Gasteiger partial charge on any atom is 0.317 e. The Hall–Kier alpha value is -2.50. The number of nitro benzene ring substituents is 1. The summed E-state index contributed by atoms with van der Waals surface area (Å²) in [6, 6.07) is 5.99. The van der Waals surface area contributed by atoms with Gasteiger partial charge in [0.2, 0.25) is 0 Å². The number of nitro groups is 1. The monoisotopic (exact) mass is 289 g/mol. The molecule has 0 aliphatic heterocycles. The Morgan fingerprint density at radius 1 is 1.43 bits per heavy atom. The molecule has 6 nitrogen and oxygen atoms in total. The lowest BCUT2D eigenvalue weighted by molar-refractivity contribution is -0.384. The zero-order valence-electron chi connectivity index (χ0n) is 11.7. The van der Waals surface area contributed by atoms with E-state index in [-0.39, 0.29) is 17.9 Å². The van der Waals surface area contributed by atoms with Gasteiger partial charge >= 0.3 is 5.97 Å². The lowest BCUT2D eigenvalue weighted by Crippen LogP contribution is -2.33. The van der Waals surface area contributed by atoms with E-state index in [9.17, 15) is 19.7 Å². The first-order valence-electron chi connectivity index (χ1n) is 6.46. The van der Waals surface area contributed by atoms with Gasteiger partial charge in [-0.3, -0.25) is 19.7 Å². The van der Waals surface area contributed by atoms with E-state index in [0.29, 0.717) is 5.56 Å². The third-order valence-corrected chi connectivity index (χ3v) is 3.54. The topological polar surface area (TPSA) is 86.5 Å². The van der Waals surface area contributed by atoms with Crippen LogP contribution in [0.5, 0.6) is 0 Å². The van der Waals surface area contributed by atoms with Crippen molar-refractivity contribution in [3.05, 3.63) is 51.6 Å². The smallest absolute Gasteiger partial charge is 0.317 e. The van der Waals surface area contributed by atoms with Crippen LogP contribution in [0.3, 0.4) is 0 Å². The highest BCUT2D eigenvalue weighted by atomic mass is 16.6. The van der Waals surface area contributed by atoms with Crippen LogP contribution in [-0.2, 0) is 14.3 Å². The van der Waals surface area contributed by atoms with Gasteiger partial charge in [0.1, 0.15) is 5.92 Å². The predicted molar refractivity (Wildman–Crippen MR) is 74.7 cm³/mol. The number of methoxy groups -OCH3 is 1. The van der Waals surface area contributed by atoms with Crippen molar-refractivity contribution in [2.75, 3.05) is 7.11 Å². The van der Waals surface area contributed by atoms with Gasteiger partial charge in [0.05, 0.1) is 12.0 Å². The van der Waals surface area contributed by atoms with E-state index in [2.05, 4.69) is 0 Å². The molecule has 110 valence electrons. The number of hydrogen-bond acceptors (Lipinski definition) is 5. The van der Waals surface area contributed by atoms with E-state index in [1.54, 1.807) is 19.1 Å². The minimum absolute atomic E-state index is 0.0693. The molecule has 0 saturated carbocycles. The van der Waals surface area contributed by atoms with E-state index in [1.807, 2.05) is 6.08 Å². The number of rotatable bonds is 3. The second kappa shape index (κ2) is 5.87. The van der Waals surface area contributed by atoms with Crippen LogP contribution in [-0.4, -0.2) is 23.8 Å². The van der Waals surface area contributed by atoms with E-state index in [1.165, 1.54) is 19.2 Å². The molecule has 0 bridgehead atoms. The van der Waals surface area contributed by atoms with Crippen molar-refractivity contribution in [1.82, 2.24) is 0 Å². The van der Waals surface area contributed by atoms with E-state index < -0.39 is 22.7 Å². The Morgan fingerprint density at radius 3 is 2.76 bits per heavy atom. The van der Waals surface area contributed by atoms with E-state index in [0.717, 1.165) is 5.57 Å². The minimum Gasteiger partial charge on any atom is -0.468 e. The van der Waals surface area contributed by atoms with Crippen LogP contribution in [0.15, 0.2) is 35.9 Å². The first kappa shape index (κ1) is 14.9. The molecule has 1 aromatic rings. The molecule has 21 heavy (non-hydrogen) atoms. The van der Waals surface area contributed by atoms with Crippen molar-refractivity contribution >= 4 is 17.4 Å². The molecule has 0 fully saturated rings. The first-order chi connectivity index (χ1) is 9.93. The molecule has 0 saturated heterocycles. The average Bonchev–Trinajstić information content (AvgIpc) is 2.45. The van der Waals surface area contributed by atoms with Gasteiger partial charge in [-0.1, -0.05) is 23.8 Å². The Labute approximate surface area is 121 Å². The highest BCUT2D eigenvalue weighted by molar-refractivity contribution is 6.02. The molecule has 1 aliphatic rings. The predicted octanol–water partition coefficient (Wildman–Crippen LogP) is 2.39. The number of benzene rings is 1. The van der Waals surface area contributed by atoms with Crippen molar-refractivity contribution in [3.8, 4) is 0 Å². The maximum absolute atomic E-state index is 12.1. The molecular weight excluding hydrogens is 274 g/mol. The molecule has 2 unspecified atom stereocenters. The van der Waals surface area contributed by atoms with Gasteiger partial charge in [-0.25, -0.2) is 0 Å². The Balaban J connectivity index is 2.49. The number of allylic oxidation sites excluding steroid dienone is 2. The third-order valence-electron chi connectivity index (χ3n) is 3.54. The van der Waals surface area contributed by atoms with E-state index >= 15 is 0 Å². The van der Waals surface area contributed by atoms with Gasteiger partial charge in [-0.15, -0.1) is 0 Å². The second-order valence-corrected chi connectivity index (χ2v) is 5.03. The summed E-state index contributed by atoms with van der Waals surface area (Å²) in [5, 5.41) is 10.9. The third kappa shape index (κ3) is 2.99. The molecule has 0 N–H and O–H groups in total. The number of ether oxygens (including phenoxy) is 1. The van der Waals surface area contributed by atoms with Gasteiger partial charge < -0.3 is 4.74 Å². The SMILES string of the molecule is COC(=O)C1C(=O)CC(C)=CC1c1cccc([N+](=O)[O-])c1. The van der Waals surface area contributed by atoms with Crippen LogP contribution in [0.25, 0.3) is 0 Å². The number of ketones is 1. The zero-order valence-corrected chi connectivity index (χ0v) is 11.7. The number of nitrogens with zero attached hydrogens (tertiary/aromatic N) is 1. The molecule has 0 amide bonds. The normalized spacial score (nSPS) is 21.6. The standard InChI is InChI=1S/C15H15NO5/c1-9-6-12(14(13(17)7-9)15(18)21-2)10-4-3-5-11(8-10)16(19)20/h3-6,8,12,14H,7H2,1-2H3. The zero-order chi connectivity index (χ0) is 15.6. The van der Waals surface area contributed by atoms with Crippen LogP contribution in [0.2, 0.25) is 0 Å². The minimum atomic E-state index is -0.944. The number of non-ortho nitro benzene ring substituents is 1. The number of esters is 1. The number of Topliss-reactive ketones (excluding diaryl/α,β-unsaturated/α-hetero) is 1. The first-order valence-corrected chi connectivity index (χ1v) is 6.46. The summed E-state index contributed by atoms with van der Waals surface area (Å²) in [4.78, 5) is 34.4. The van der Waals surface area contributed by atoms with Gasteiger partial charge in [0.15, 0.2) is 5.78 Å². The number of hydrogen-bond donors (Lipinski definition) is 0. The fourth-order valence-corrected chi connectivity index (χ4v) is 2.59. The molecule has 0 heterocycles. The largest absolute Gasteiger partial charge is 0.468 e. The molecule has 0 spiro atoms. The maximum atomic E-state index is 12.1. The van der Waals surface area contributed by atoms with Crippen molar-refractivity contribution in [1.29, 1.82) is 0 Å². The van der Waals surface area contributed by atoms with Crippen LogP contribution in [0.4, 0.5) is 5.69 Å². The fraction of sp³-hybridized carbons (Fsp3) is 0.333. The molecule has 6 heteroatoms. The van der Waals surface area contributed by atoms with Crippen molar-refractivity contribution in [2.24, 2.45) is 5.92 Å². The van der Waals surface area contributed by atoms with Gasteiger partial charge in [0, 0.05) is 24.5 Å². The molecule has 1 aliphatic carbocycles. The fourth-order valence-electron chi connectivity index (χ4n) is 2.59.